The second kappa shape index (κ2) is 7.39. The van der Waals surface area contributed by atoms with E-state index in [1.54, 1.807) is 36.4 Å². The Morgan fingerprint density at radius 3 is 2.64 bits per heavy atom. The van der Waals surface area contributed by atoms with E-state index in [-0.39, 0.29) is 23.9 Å². The summed E-state index contributed by atoms with van der Waals surface area (Å²) in [6, 6.07) is 12.9. The van der Waals surface area contributed by atoms with Crippen LogP contribution in [0.5, 0.6) is 5.75 Å². The fourth-order valence-electron chi connectivity index (χ4n) is 2.12. The van der Waals surface area contributed by atoms with Crippen molar-refractivity contribution in [2.24, 2.45) is 0 Å². The average Bonchev–Trinajstić information content (AvgIpc) is 2.62. The number of carbonyl (C=O) groups excluding carboxylic acids is 1. The Morgan fingerprint density at radius 1 is 1.12 bits per heavy atom. The van der Waals surface area contributed by atoms with Crippen LogP contribution >= 0.6 is 0 Å². The van der Waals surface area contributed by atoms with Gasteiger partial charge in [-0.3, -0.25) is 4.79 Å². The van der Waals surface area contributed by atoms with Gasteiger partial charge >= 0.3 is 0 Å². The Kier molecular flexibility index (Phi) is 4.84. The van der Waals surface area contributed by atoms with Crippen molar-refractivity contribution in [3.8, 4) is 5.75 Å². The van der Waals surface area contributed by atoms with E-state index in [0.717, 1.165) is 5.56 Å². The minimum atomic E-state index is -0.457. The van der Waals surface area contributed by atoms with E-state index in [1.807, 2.05) is 0 Å². The molecule has 2 aromatic carbocycles. The molecule has 0 aliphatic carbocycles. The van der Waals surface area contributed by atoms with Crippen molar-refractivity contribution in [2.75, 3.05) is 11.1 Å². The minimum absolute atomic E-state index is 0.0557. The summed E-state index contributed by atoms with van der Waals surface area (Å²) in [7, 11) is 0. The van der Waals surface area contributed by atoms with Crippen LogP contribution in [0.2, 0.25) is 0 Å². The van der Waals surface area contributed by atoms with Crippen LogP contribution in [-0.4, -0.2) is 15.9 Å². The quantitative estimate of drug-likeness (QED) is 0.746. The third-order valence-electron chi connectivity index (χ3n) is 3.35. The van der Waals surface area contributed by atoms with Crippen molar-refractivity contribution < 1.29 is 13.9 Å². The maximum absolute atomic E-state index is 12.9. The highest BCUT2D eigenvalue weighted by atomic mass is 19.1. The summed E-state index contributed by atoms with van der Waals surface area (Å²) in [4.78, 5) is 19.9. The van der Waals surface area contributed by atoms with Crippen LogP contribution in [0.25, 0.3) is 0 Å². The molecule has 0 bridgehead atoms. The Balaban J connectivity index is 1.66. The molecule has 0 saturated carbocycles. The fraction of sp³-hybridized carbons (Fsp3) is 0.0556. The highest BCUT2D eigenvalue weighted by Gasteiger charge is 2.12. The van der Waals surface area contributed by atoms with Crippen molar-refractivity contribution in [3.05, 3.63) is 78.0 Å². The molecule has 3 aromatic rings. The molecule has 126 valence electrons. The molecule has 6 nitrogen and oxygen atoms in total. The van der Waals surface area contributed by atoms with E-state index >= 15 is 0 Å². The number of nitrogens with one attached hydrogen (secondary N) is 1. The number of nitrogens with two attached hydrogens (primary N) is 1. The predicted molar refractivity (Wildman–Crippen MR) is 91.6 cm³/mol. The van der Waals surface area contributed by atoms with Crippen LogP contribution in [0.4, 0.5) is 15.9 Å². The first kappa shape index (κ1) is 16.4. The standard InChI is InChI=1S/C18H15FN4O2/c19-13-6-4-12(5-7-13)11-25-15-3-1-2-14(10-15)23-18(24)16-17(20)22-9-8-21-16/h1-10H,11H2,(H2,20,22)(H,23,24). The lowest BCUT2D eigenvalue weighted by atomic mass is 10.2. The SMILES string of the molecule is Nc1nccnc1C(=O)Nc1cccc(OCc2ccc(F)cc2)c1. The lowest BCUT2D eigenvalue weighted by Crippen LogP contribution is -2.16. The number of benzene rings is 2. The number of ether oxygens (including phenoxy) is 1. The predicted octanol–water partition coefficient (Wildman–Crippen LogP) is 3.03. The van der Waals surface area contributed by atoms with E-state index in [9.17, 15) is 9.18 Å². The van der Waals surface area contributed by atoms with Crippen LogP contribution in [0.1, 0.15) is 16.1 Å². The number of rotatable bonds is 5. The first-order valence-corrected chi connectivity index (χ1v) is 7.47. The van der Waals surface area contributed by atoms with Gasteiger partial charge in [0.15, 0.2) is 11.5 Å². The normalized spacial score (nSPS) is 10.3. The van der Waals surface area contributed by atoms with Crippen LogP contribution in [0.15, 0.2) is 60.9 Å². The molecule has 1 heterocycles. The molecule has 0 unspecified atom stereocenters. The highest BCUT2D eigenvalue weighted by Crippen LogP contribution is 2.19. The fourth-order valence-corrected chi connectivity index (χ4v) is 2.12. The molecule has 1 aromatic heterocycles. The number of aromatic nitrogens is 2. The molecule has 3 rings (SSSR count). The first-order valence-electron chi connectivity index (χ1n) is 7.47. The van der Waals surface area contributed by atoms with E-state index in [4.69, 9.17) is 10.5 Å². The molecule has 0 radical (unpaired) electrons. The van der Waals surface area contributed by atoms with Gasteiger partial charge in [-0.15, -0.1) is 0 Å². The number of anilines is 2. The van der Waals surface area contributed by atoms with Crippen LogP contribution < -0.4 is 15.8 Å². The zero-order valence-corrected chi connectivity index (χ0v) is 13.1. The maximum Gasteiger partial charge on any atom is 0.278 e. The van der Waals surface area contributed by atoms with Crippen molar-refractivity contribution in [3.63, 3.8) is 0 Å². The van der Waals surface area contributed by atoms with Crippen molar-refractivity contribution >= 4 is 17.4 Å². The van der Waals surface area contributed by atoms with Gasteiger partial charge in [-0.2, -0.15) is 0 Å². The van der Waals surface area contributed by atoms with E-state index in [1.165, 1.54) is 24.5 Å². The van der Waals surface area contributed by atoms with Crippen LogP contribution in [0, 0.1) is 5.82 Å². The summed E-state index contributed by atoms with van der Waals surface area (Å²) >= 11 is 0. The molecule has 0 saturated heterocycles. The summed E-state index contributed by atoms with van der Waals surface area (Å²) in [5.41, 5.74) is 7.07. The zero-order valence-electron chi connectivity index (χ0n) is 13.1. The van der Waals surface area contributed by atoms with Gasteiger partial charge in [0.1, 0.15) is 18.2 Å². The lowest BCUT2D eigenvalue weighted by molar-refractivity contribution is 0.102. The Bertz CT molecular complexity index is 884. The van der Waals surface area contributed by atoms with Crippen LogP contribution in [-0.2, 0) is 6.61 Å². The zero-order chi connectivity index (χ0) is 17.6. The minimum Gasteiger partial charge on any atom is -0.489 e. The van der Waals surface area contributed by atoms with Gasteiger partial charge in [0.05, 0.1) is 0 Å². The Labute approximate surface area is 143 Å². The Hall–Kier alpha value is -3.48. The molecule has 0 atom stereocenters. The van der Waals surface area contributed by atoms with Gasteiger partial charge < -0.3 is 15.8 Å². The third kappa shape index (κ3) is 4.29. The van der Waals surface area contributed by atoms with Gasteiger partial charge in [0.2, 0.25) is 0 Å². The second-order valence-electron chi connectivity index (χ2n) is 5.19. The van der Waals surface area contributed by atoms with Gasteiger partial charge in [-0.05, 0) is 29.8 Å². The number of hydrogen-bond donors (Lipinski definition) is 2. The highest BCUT2D eigenvalue weighted by molar-refractivity contribution is 6.05. The number of hydrogen-bond acceptors (Lipinski definition) is 5. The van der Waals surface area contributed by atoms with Crippen molar-refractivity contribution in [1.29, 1.82) is 0 Å². The van der Waals surface area contributed by atoms with Crippen molar-refractivity contribution in [2.45, 2.75) is 6.61 Å². The van der Waals surface area contributed by atoms with Crippen LogP contribution in [0.3, 0.4) is 0 Å². The number of halogens is 1. The molecule has 1 amide bonds. The van der Waals surface area contributed by atoms with Gasteiger partial charge in [-0.1, -0.05) is 18.2 Å². The van der Waals surface area contributed by atoms with E-state index in [0.29, 0.717) is 11.4 Å². The van der Waals surface area contributed by atoms with E-state index in [2.05, 4.69) is 15.3 Å². The number of nitrogens with zero attached hydrogens (tertiary/aromatic N) is 2. The summed E-state index contributed by atoms with van der Waals surface area (Å²) in [6.45, 7) is 0.286. The largest absolute Gasteiger partial charge is 0.489 e. The smallest absolute Gasteiger partial charge is 0.278 e. The maximum atomic E-state index is 12.9. The molecular formula is C18H15FN4O2. The van der Waals surface area contributed by atoms with Gasteiger partial charge in [0, 0.05) is 24.1 Å². The monoisotopic (exact) mass is 338 g/mol. The molecule has 0 fully saturated rings. The summed E-state index contributed by atoms with van der Waals surface area (Å²) in [6.07, 6.45) is 2.81. The second-order valence-corrected chi connectivity index (χ2v) is 5.19. The van der Waals surface area contributed by atoms with E-state index < -0.39 is 5.91 Å². The van der Waals surface area contributed by atoms with Gasteiger partial charge in [0.25, 0.3) is 5.91 Å². The molecule has 3 N–H and O–H groups in total. The topological polar surface area (TPSA) is 90.1 Å². The molecule has 0 aliphatic heterocycles. The van der Waals surface area contributed by atoms with Crippen molar-refractivity contribution in [1.82, 2.24) is 9.97 Å². The number of carbonyl (C=O) groups is 1. The number of nitrogen functional groups attached to an aromatic ring is 1. The summed E-state index contributed by atoms with van der Waals surface area (Å²) in [5.74, 6) is -0.129. The molecular weight excluding hydrogens is 323 g/mol. The molecule has 7 heteroatoms. The molecule has 25 heavy (non-hydrogen) atoms. The average molecular weight is 338 g/mol. The van der Waals surface area contributed by atoms with Gasteiger partial charge in [-0.25, -0.2) is 14.4 Å². The molecule has 0 aliphatic rings. The molecule has 0 spiro atoms. The number of amides is 1. The third-order valence-corrected chi connectivity index (χ3v) is 3.35. The first-order chi connectivity index (χ1) is 12.1. The lowest BCUT2D eigenvalue weighted by Gasteiger charge is -2.09. The summed E-state index contributed by atoms with van der Waals surface area (Å²) in [5, 5.41) is 2.69. The Morgan fingerprint density at radius 2 is 1.88 bits per heavy atom. The summed E-state index contributed by atoms with van der Waals surface area (Å²) < 4.78 is 18.6.